The van der Waals surface area contributed by atoms with Gasteiger partial charge in [0.05, 0.1) is 0 Å². The van der Waals surface area contributed by atoms with E-state index in [1.807, 2.05) is 18.7 Å². The summed E-state index contributed by atoms with van der Waals surface area (Å²) >= 11 is 3.70. The van der Waals surface area contributed by atoms with Crippen LogP contribution in [0, 0.1) is 5.92 Å². The molecule has 1 aromatic carbocycles. The number of nitrogens with zero attached hydrogens (tertiary/aromatic N) is 1. The van der Waals surface area contributed by atoms with Gasteiger partial charge in [0, 0.05) is 22.5 Å². The second-order valence-electron chi connectivity index (χ2n) is 6.09. The zero-order valence-electron chi connectivity index (χ0n) is 12.8. The molecule has 1 heterocycles. The molecule has 0 bridgehead atoms. The first kappa shape index (κ1) is 15.6. The van der Waals surface area contributed by atoms with E-state index in [-0.39, 0.29) is 17.9 Å². The minimum absolute atomic E-state index is 0.0510. The third-order valence-electron chi connectivity index (χ3n) is 3.99. The zero-order chi connectivity index (χ0) is 14.9. The Morgan fingerprint density at radius 3 is 2.75 bits per heavy atom. The number of hydrogen-bond acceptors (Lipinski definition) is 1. The van der Waals surface area contributed by atoms with Gasteiger partial charge in [-0.25, -0.2) is 0 Å². The molecule has 0 aromatic heterocycles. The van der Waals surface area contributed by atoms with Gasteiger partial charge in [-0.1, -0.05) is 48.8 Å². The van der Waals surface area contributed by atoms with Gasteiger partial charge in [0.15, 0.2) is 0 Å². The molecule has 2 atom stereocenters. The standard InChI is InChI=1S/C17H24BrNO/c1-5-15(18)10-13-6-7-16-14(9-13)8-12(4)19(16)17(20)11(2)3/h6-7,9,11-12,15H,5,8,10H2,1-4H3. The summed E-state index contributed by atoms with van der Waals surface area (Å²) in [5, 5.41) is 0. The van der Waals surface area contributed by atoms with Crippen molar-refractivity contribution in [2.24, 2.45) is 5.92 Å². The summed E-state index contributed by atoms with van der Waals surface area (Å²) in [4.78, 5) is 14.9. The minimum Gasteiger partial charge on any atom is -0.309 e. The molecule has 1 aliphatic rings. The molecule has 2 unspecified atom stereocenters. The molecule has 110 valence electrons. The maximum absolute atomic E-state index is 12.3. The van der Waals surface area contributed by atoms with E-state index in [9.17, 15) is 4.79 Å². The third kappa shape index (κ3) is 3.08. The van der Waals surface area contributed by atoms with Crippen LogP contribution < -0.4 is 4.90 Å². The molecule has 0 N–H and O–H groups in total. The van der Waals surface area contributed by atoms with Crippen LogP contribution in [0.4, 0.5) is 5.69 Å². The lowest BCUT2D eigenvalue weighted by molar-refractivity contribution is -0.121. The van der Waals surface area contributed by atoms with Crippen molar-refractivity contribution in [3.8, 4) is 0 Å². The number of amides is 1. The van der Waals surface area contributed by atoms with Crippen molar-refractivity contribution in [3.63, 3.8) is 0 Å². The van der Waals surface area contributed by atoms with Crippen LogP contribution in [-0.2, 0) is 17.6 Å². The molecule has 0 spiro atoms. The maximum Gasteiger partial charge on any atom is 0.229 e. The van der Waals surface area contributed by atoms with E-state index in [0.717, 1.165) is 24.9 Å². The Morgan fingerprint density at radius 2 is 2.15 bits per heavy atom. The molecule has 0 saturated heterocycles. The van der Waals surface area contributed by atoms with Crippen LogP contribution in [0.2, 0.25) is 0 Å². The van der Waals surface area contributed by atoms with Gasteiger partial charge in [-0.2, -0.15) is 0 Å². The molecule has 0 radical (unpaired) electrons. The van der Waals surface area contributed by atoms with Crippen LogP contribution in [0.15, 0.2) is 18.2 Å². The van der Waals surface area contributed by atoms with Crippen LogP contribution in [0.1, 0.15) is 45.2 Å². The third-order valence-corrected chi connectivity index (χ3v) is 4.96. The lowest BCUT2D eigenvalue weighted by Gasteiger charge is -2.24. The normalized spacial score (nSPS) is 19.3. The molecule has 0 fully saturated rings. The second-order valence-corrected chi connectivity index (χ2v) is 7.38. The summed E-state index contributed by atoms with van der Waals surface area (Å²) in [7, 11) is 0. The van der Waals surface area contributed by atoms with Gasteiger partial charge in [-0.05, 0) is 43.4 Å². The fourth-order valence-corrected chi connectivity index (χ4v) is 3.20. The number of carbonyl (C=O) groups is 1. The molecule has 3 heteroatoms. The molecular formula is C17H24BrNO. The molecule has 2 nitrogen and oxygen atoms in total. The summed E-state index contributed by atoms with van der Waals surface area (Å²) in [6.07, 6.45) is 3.16. The fourth-order valence-electron chi connectivity index (χ4n) is 2.83. The molecule has 20 heavy (non-hydrogen) atoms. The highest BCUT2D eigenvalue weighted by atomic mass is 79.9. The van der Waals surface area contributed by atoms with E-state index in [1.54, 1.807) is 0 Å². The van der Waals surface area contributed by atoms with Crippen LogP contribution in [0.5, 0.6) is 0 Å². The predicted octanol–water partition coefficient (Wildman–Crippen LogP) is 4.34. The Balaban J connectivity index is 2.25. The van der Waals surface area contributed by atoms with Crippen molar-refractivity contribution in [1.29, 1.82) is 0 Å². The van der Waals surface area contributed by atoms with Gasteiger partial charge in [0.1, 0.15) is 0 Å². The summed E-state index contributed by atoms with van der Waals surface area (Å²) in [6.45, 7) is 8.27. The van der Waals surface area contributed by atoms with Gasteiger partial charge >= 0.3 is 0 Å². The fraction of sp³-hybridized carbons (Fsp3) is 0.588. The van der Waals surface area contributed by atoms with Crippen LogP contribution in [0.25, 0.3) is 0 Å². The van der Waals surface area contributed by atoms with Gasteiger partial charge in [0.2, 0.25) is 5.91 Å². The Hall–Kier alpha value is -0.830. The topological polar surface area (TPSA) is 20.3 Å². The Bertz CT molecular complexity index is 498. The van der Waals surface area contributed by atoms with Gasteiger partial charge < -0.3 is 4.90 Å². The smallest absolute Gasteiger partial charge is 0.229 e. The van der Waals surface area contributed by atoms with E-state index in [4.69, 9.17) is 0 Å². The van der Waals surface area contributed by atoms with Crippen molar-refractivity contribution in [2.75, 3.05) is 4.90 Å². The number of fused-ring (bicyclic) bond motifs is 1. The summed E-state index contributed by atoms with van der Waals surface area (Å²) in [5.74, 6) is 0.283. The predicted molar refractivity (Wildman–Crippen MR) is 88.6 cm³/mol. The van der Waals surface area contributed by atoms with E-state index in [0.29, 0.717) is 4.83 Å². The SMILES string of the molecule is CCC(Br)Cc1ccc2c(c1)CC(C)N2C(=O)C(C)C. The Labute approximate surface area is 130 Å². The van der Waals surface area contributed by atoms with Crippen molar-refractivity contribution in [1.82, 2.24) is 0 Å². The van der Waals surface area contributed by atoms with Crippen molar-refractivity contribution < 1.29 is 4.79 Å². The monoisotopic (exact) mass is 337 g/mol. The van der Waals surface area contributed by atoms with Crippen molar-refractivity contribution >= 4 is 27.5 Å². The molecular weight excluding hydrogens is 314 g/mol. The first-order valence-corrected chi connectivity index (χ1v) is 8.44. The van der Waals surface area contributed by atoms with Crippen LogP contribution >= 0.6 is 15.9 Å². The number of carbonyl (C=O) groups excluding carboxylic acids is 1. The maximum atomic E-state index is 12.3. The Morgan fingerprint density at radius 1 is 1.45 bits per heavy atom. The highest BCUT2D eigenvalue weighted by Crippen LogP contribution is 2.34. The molecule has 1 aliphatic heterocycles. The number of anilines is 1. The first-order chi connectivity index (χ1) is 9.43. The number of halogens is 1. The quantitative estimate of drug-likeness (QED) is 0.748. The van der Waals surface area contributed by atoms with E-state index >= 15 is 0 Å². The van der Waals surface area contributed by atoms with Crippen molar-refractivity contribution in [3.05, 3.63) is 29.3 Å². The van der Waals surface area contributed by atoms with Gasteiger partial charge in [-0.3, -0.25) is 4.79 Å². The van der Waals surface area contributed by atoms with E-state index in [1.165, 1.54) is 11.1 Å². The largest absolute Gasteiger partial charge is 0.309 e. The lowest BCUT2D eigenvalue weighted by atomic mass is 10.0. The molecule has 2 rings (SSSR count). The number of hydrogen-bond donors (Lipinski definition) is 0. The second kappa shape index (κ2) is 6.30. The van der Waals surface area contributed by atoms with Crippen LogP contribution in [0.3, 0.4) is 0 Å². The molecule has 0 aliphatic carbocycles. The average Bonchev–Trinajstić information content (AvgIpc) is 2.72. The number of alkyl halides is 1. The van der Waals surface area contributed by atoms with Crippen molar-refractivity contribution in [2.45, 2.75) is 57.8 Å². The summed E-state index contributed by atoms with van der Waals surface area (Å²) < 4.78 is 0. The highest BCUT2D eigenvalue weighted by molar-refractivity contribution is 9.09. The lowest BCUT2D eigenvalue weighted by Crippen LogP contribution is -2.38. The van der Waals surface area contributed by atoms with Gasteiger partial charge in [-0.15, -0.1) is 0 Å². The van der Waals surface area contributed by atoms with Gasteiger partial charge in [0.25, 0.3) is 0 Å². The zero-order valence-corrected chi connectivity index (χ0v) is 14.4. The number of benzene rings is 1. The highest BCUT2D eigenvalue weighted by Gasteiger charge is 2.32. The molecule has 0 saturated carbocycles. The molecule has 1 aromatic rings. The summed E-state index contributed by atoms with van der Waals surface area (Å²) in [5.41, 5.74) is 3.79. The Kier molecular flexibility index (Phi) is 4.90. The van der Waals surface area contributed by atoms with E-state index in [2.05, 4.69) is 48.0 Å². The average molecular weight is 338 g/mol. The minimum atomic E-state index is 0.0510. The first-order valence-electron chi connectivity index (χ1n) is 7.53. The van der Waals surface area contributed by atoms with E-state index < -0.39 is 0 Å². The van der Waals surface area contributed by atoms with Crippen LogP contribution in [-0.4, -0.2) is 16.8 Å². The number of rotatable bonds is 4. The summed E-state index contributed by atoms with van der Waals surface area (Å²) in [6, 6.07) is 6.86. The molecule has 1 amide bonds.